The Morgan fingerprint density at radius 1 is 1.17 bits per heavy atom. The first-order valence-corrected chi connectivity index (χ1v) is 7.21. The van der Waals surface area contributed by atoms with Gasteiger partial charge in [-0.25, -0.2) is 0 Å². The van der Waals surface area contributed by atoms with E-state index in [1.165, 1.54) is 50.0 Å². The van der Waals surface area contributed by atoms with Crippen molar-refractivity contribution in [2.45, 2.75) is 46.5 Å². The van der Waals surface area contributed by atoms with Crippen molar-refractivity contribution < 1.29 is 0 Å². The molecule has 100 valence electrons. The second-order valence-corrected chi connectivity index (χ2v) is 5.90. The van der Waals surface area contributed by atoms with Crippen LogP contribution in [0.15, 0.2) is 18.2 Å². The number of hydrogen-bond acceptors (Lipinski definition) is 2. The molecule has 1 aliphatic rings. The van der Waals surface area contributed by atoms with E-state index in [0.29, 0.717) is 5.41 Å². The number of hydrogen-bond donors (Lipinski definition) is 1. The highest BCUT2D eigenvalue weighted by atomic mass is 15.2. The minimum atomic E-state index is 0.582. The summed E-state index contributed by atoms with van der Waals surface area (Å²) in [5, 5.41) is 0. The van der Waals surface area contributed by atoms with Gasteiger partial charge in [0, 0.05) is 29.9 Å². The molecule has 0 amide bonds. The van der Waals surface area contributed by atoms with Crippen molar-refractivity contribution >= 4 is 11.4 Å². The Balaban J connectivity index is 2.04. The predicted molar refractivity (Wildman–Crippen MR) is 80.1 cm³/mol. The van der Waals surface area contributed by atoms with E-state index < -0.39 is 0 Å². The largest absolute Gasteiger partial charge is 0.399 e. The van der Waals surface area contributed by atoms with Crippen LogP contribution in [0.2, 0.25) is 0 Å². The lowest BCUT2D eigenvalue weighted by atomic mass is 9.72. The molecule has 2 rings (SSSR count). The second-order valence-electron chi connectivity index (χ2n) is 5.90. The molecule has 1 fully saturated rings. The highest BCUT2D eigenvalue weighted by Crippen LogP contribution is 2.42. The summed E-state index contributed by atoms with van der Waals surface area (Å²) >= 11 is 0. The van der Waals surface area contributed by atoms with Gasteiger partial charge in [0.2, 0.25) is 0 Å². The molecule has 0 bridgehead atoms. The van der Waals surface area contributed by atoms with Crippen LogP contribution in [0.25, 0.3) is 0 Å². The van der Waals surface area contributed by atoms with E-state index in [0.717, 1.165) is 5.69 Å². The molecule has 1 aliphatic heterocycles. The number of nitrogens with two attached hydrogens (primary N) is 1. The molecule has 1 saturated heterocycles. The lowest BCUT2D eigenvalue weighted by Gasteiger charge is -2.52. The van der Waals surface area contributed by atoms with Crippen molar-refractivity contribution in [2.75, 3.05) is 23.7 Å². The minimum absolute atomic E-state index is 0.582. The molecule has 2 nitrogen and oxygen atoms in total. The first kappa shape index (κ1) is 13.3. The van der Waals surface area contributed by atoms with Gasteiger partial charge in [-0.05, 0) is 43.5 Å². The van der Waals surface area contributed by atoms with E-state index in [-0.39, 0.29) is 0 Å². The molecule has 1 heterocycles. The molecule has 1 aromatic rings. The lowest BCUT2D eigenvalue weighted by Crippen LogP contribution is -2.56. The normalized spacial score (nSPS) is 17.6. The van der Waals surface area contributed by atoms with Gasteiger partial charge >= 0.3 is 0 Å². The molecule has 2 heteroatoms. The highest BCUT2D eigenvalue weighted by Gasteiger charge is 2.41. The van der Waals surface area contributed by atoms with Gasteiger partial charge in [-0.3, -0.25) is 0 Å². The predicted octanol–water partition coefficient (Wildman–Crippen LogP) is 3.98. The summed E-state index contributed by atoms with van der Waals surface area (Å²) in [7, 11) is 0. The average molecular weight is 246 g/mol. The Hall–Kier alpha value is -1.18. The third-order valence-corrected chi connectivity index (χ3v) is 4.23. The number of anilines is 2. The summed E-state index contributed by atoms with van der Waals surface area (Å²) in [5.41, 5.74) is 9.88. The zero-order valence-electron chi connectivity index (χ0n) is 12.0. The Morgan fingerprint density at radius 3 is 2.28 bits per heavy atom. The van der Waals surface area contributed by atoms with Gasteiger partial charge in [0.1, 0.15) is 0 Å². The molecule has 1 aromatic carbocycles. The van der Waals surface area contributed by atoms with Crippen molar-refractivity contribution in [2.24, 2.45) is 5.41 Å². The van der Waals surface area contributed by atoms with E-state index >= 15 is 0 Å². The maximum Gasteiger partial charge on any atom is 0.0370 e. The van der Waals surface area contributed by atoms with Gasteiger partial charge < -0.3 is 10.6 Å². The smallest absolute Gasteiger partial charge is 0.0370 e. The molecular weight excluding hydrogens is 220 g/mol. The minimum Gasteiger partial charge on any atom is -0.399 e. The number of benzene rings is 1. The van der Waals surface area contributed by atoms with Gasteiger partial charge in [-0.1, -0.05) is 26.7 Å². The van der Waals surface area contributed by atoms with E-state index in [9.17, 15) is 0 Å². The molecule has 0 aliphatic carbocycles. The molecule has 0 saturated carbocycles. The molecule has 0 radical (unpaired) electrons. The van der Waals surface area contributed by atoms with Crippen molar-refractivity contribution in [1.82, 2.24) is 0 Å². The van der Waals surface area contributed by atoms with E-state index in [1.54, 1.807) is 0 Å². The number of aryl methyl sites for hydroxylation is 1. The first-order valence-electron chi connectivity index (χ1n) is 7.21. The molecule has 0 spiro atoms. The fraction of sp³-hybridized carbons (Fsp3) is 0.625. The lowest BCUT2D eigenvalue weighted by molar-refractivity contribution is 0.173. The quantitative estimate of drug-likeness (QED) is 0.796. The van der Waals surface area contributed by atoms with Gasteiger partial charge in [0.05, 0.1) is 0 Å². The Morgan fingerprint density at radius 2 is 1.78 bits per heavy atom. The van der Waals surface area contributed by atoms with Crippen molar-refractivity contribution in [1.29, 1.82) is 0 Å². The fourth-order valence-electron chi connectivity index (χ4n) is 3.30. The summed E-state index contributed by atoms with van der Waals surface area (Å²) in [6.07, 6.45) is 5.33. The summed E-state index contributed by atoms with van der Waals surface area (Å²) in [4.78, 5) is 2.50. The van der Waals surface area contributed by atoms with Gasteiger partial charge in [0.15, 0.2) is 0 Å². The molecular formula is C16H26N2. The van der Waals surface area contributed by atoms with Crippen molar-refractivity contribution in [3.63, 3.8) is 0 Å². The summed E-state index contributed by atoms with van der Waals surface area (Å²) in [5.74, 6) is 0. The van der Waals surface area contributed by atoms with Crippen LogP contribution in [0, 0.1) is 12.3 Å². The van der Waals surface area contributed by atoms with Crippen LogP contribution in [-0.4, -0.2) is 13.1 Å². The highest BCUT2D eigenvalue weighted by molar-refractivity contribution is 5.59. The maximum absolute atomic E-state index is 5.88. The summed E-state index contributed by atoms with van der Waals surface area (Å²) < 4.78 is 0. The van der Waals surface area contributed by atoms with Gasteiger partial charge in [-0.15, -0.1) is 0 Å². The average Bonchev–Trinajstić information content (AvgIpc) is 2.29. The second kappa shape index (κ2) is 5.21. The SMILES string of the molecule is CCCC1(CCC)CN(c2ccc(N)c(C)c2)C1. The van der Waals surface area contributed by atoms with Gasteiger partial charge in [-0.2, -0.15) is 0 Å². The maximum atomic E-state index is 5.88. The standard InChI is InChI=1S/C16H26N2/c1-4-8-16(9-5-2)11-18(12-16)14-6-7-15(17)13(3)10-14/h6-7,10H,4-5,8-9,11-12,17H2,1-3H3. The zero-order chi connectivity index (χ0) is 13.2. The zero-order valence-corrected chi connectivity index (χ0v) is 12.0. The van der Waals surface area contributed by atoms with Crippen LogP contribution in [0.4, 0.5) is 11.4 Å². The molecule has 0 atom stereocenters. The topological polar surface area (TPSA) is 29.3 Å². The molecule has 0 unspecified atom stereocenters. The Bertz CT molecular complexity index is 398. The van der Waals surface area contributed by atoms with Crippen LogP contribution >= 0.6 is 0 Å². The van der Waals surface area contributed by atoms with Gasteiger partial charge in [0.25, 0.3) is 0 Å². The monoisotopic (exact) mass is 246 g/mol. The molecule has 18 heavy (non-hydrogen) atoms. The fourth-order valence-corrected chi connectivity index (χ4v) is 3.30. The number of rotatable bonds is 5. The third-order valence-electron chi connectivity index (χ3n) is 4.23. The summed E-state index contributed by atoms with van der Waals surface area (Å²) in [6.45, 7) is 9.13. The molecule has 2 N–H and O–H groups in total. The Labute approximate surface area is 111 Å². The van der Waals surface area contributed by atoms with Crippen LogP contribution in [0.3, 0.4) is 0 Å². The first-order chi connectivity index (χ1) is 8.60. The third kappa shape index (κ3) is 2.47. The number of nitrogens with zero attached hydrogens (tertiary/aromatic N) is 1. The van der Waals surface area contributed by atoms with E-state index in [4.69, 9.17) is 5.73 Å². The Kier molecular flexibility index (Phi) is 3.84. The van der Waals surface area contributed by atoms with Crippen molar-refractivity contribution in [3.05, 3.63) is 23.8 Å². The van der Waals surface area contributed by atoms with Crippen LogP contribution in [-0.2, 0) is 0 Å². The van der Waals surface area contributed by atoms with E-state index in [2.05, 4.69) is 37.8 Å². The van der Waals surface area contributed by atoms with Crippen LogP contribution in [0.1, 0.15) is 45.1 Å². The van der Waals surface area contributed by atoms with Crippen molar-refractivity contribution in [3.8, 4) is 0 Å². The summed E-state index contributed by atoms with van der Waals surface area (Å²) in [6, 6.07) is 6.41. The van der Waals surface area contributed by atoms with E-state index in [1.807, 2.05) is 6.07 Å². The molecule has 0 aromatic heterocycles. The van der Waals surface area contributed by atoms with Crippen LogP contribution < -0.4 is 10.6 Å². The number of nitrogen functional groups attached to an aromatic ring is 1. The van der Waals surface area contributed by atoms with Crippen LogP contribution in [0.5, 0.6) is 0 Å².